The molecule has 0 N–H and O–H groups in total. The van der Waals surface area contributed by atoms with Crippen LogP contribution in [0.2, 0.25) is 0 Å². The number of nitrogens with zero attached hydrogens (tertiary/aromatic N) is 2. The van der Waals surface area contributed by atoms with Crippen molar-refractivity contribution in [3.8, 4) is 17.1 Å². The fourth-order valence-corrected chi connectivity index (χ4v) is 1.47. The maximum absolute atomic E-state index is 12.0. The van der Waals surface area contributed by atoms with Gasteiger partial charge < -0.3 is 4.74 Å². The summed E-state index contributed by atoms with van der Waals surface area (Å²) in [6.45, 7) is 3.74. The van der Waals surface area contributed by atoms with Crippen molar-refractivity contribution in [1.29, 1.82) is 0 Å². The number of rotatable bonds is 2. The maximum atomic E-state index is 12.0. The summed E-state index contributed by atoms with van der Waals surface area (Å²) in [6.07, 6.45) is -3.00. The summed E-state index contributed by atoms with van der Waals surface area (Å²) in [5, 5.41) is 0. The molecule has 0 aliphatic heterocycles. The van der Waals surface area contributed by atoms with Gasteiger partial charge in [0.1, 0.15) is 5.75 Å². The Kier molecular flexibility index (Phi) is 3.42. The molecule has 6 heteroatoms. The molecule has 0 saturated heterocycles. The number of aromatic nitrogens is 2. The van der Waals surface area contributed by atoms with Crippen LogP contribution in [-0.4, -0.2) is 16.3 Å². The van der Waals surface area contributed by atoms with Gasteiger partial charge >= 0.3 is 6.36 Å². The third kappa shape index (κ3) is 3.43. The highest BCUT2D eigenvalue weighted by atomic mass is 19.4. The molecule has 1 aromatic carbocycles. The zero-order chi connectivity index (χ0) is 14.0. The van der Waals surface area contributed by atoms with Crippen LogP contribution in [0.5, 0.6) is 5.75 Å². The van der Waals surface area contributed by atoms with Crippen LogP contribution in [0.4, 0.5) is 13.2 Å². The summed E-state index contributed by atoms with van der Waals surface area (Å²) < 4.78 is 39.8. The molecular weight excluding hydrogens is 257 g/mol. The third-order valence-corrected chi connectivity index (χ3v) is 2.57. The molecule has 0 aliphatic rings. The van der Waals surface area contributed by atoms with E-state index in [9.17, 15) is 13.2 Å². The molecule has 19 heavy (non-hydrogen) atoms. The van der Waals surface area contributed by atoms with Crippen molar-refractivity contribution in [1.82, 2.24) is 9.97 Å². The quantitative estimate of drug-likeness (QED) is 0.833. The number of benzene rings is 1. The van der Waals surface area contributed by atoms with Gasteiger partial charge in [-0.2, -0.15) is 0 Å². The van der Waals surface area contributed by atoms with Gasteiger partial charge in [-0.1, -0.05) is 0 Å². The molecule has 100 valence electrons. The Morgan fingerprint density at radius 2 is 1.68 bits per heavy atom. The van der Waals surface area contributed by atoms with Crippen LogP contribution in [0, 0.1) is 13.8 Å². The van der Waals surface area contributed by atoms with Crippen LogP contribution in [0.25, 0.3) is 11.4 Å². The van der Waals surface area contributed by atoms with E-state index in [2.05, 4.69) is 14.7 Å². The van der Waals surface area contributed by atoms with Gasteiger partial charge in [-0.05, 0) is 43.7 Å². The molecule has 0 bridgehead atoms. The predicted molar refractivity (Wildman–Crippen MR) is 63.6 cm³/mol. The Hall–Kier alpha value is -2.11. The zero-order valence-electron chi connectivity index (χ0n) is 10.3. The molecule has 1 aromatic heterocycles. The van der Waals surface area contributed by atoms with E-state index in [1.807, 2.05) is 13.8 Å². The lowest BCUT2D eigenvalue weighted by molar-refractivity contribution is -0.274. The molecule has 0 fully saturated rings. The average Bonchev–Trinajstić information content (AvgIpc) is 2.32. The lowest BCUT2D eigenvalue weighted by atomic mass is 10.2. The number of ether oxygens (including phenoxy) is 1. The van der Waals surface area contributed by atoms with Gasteiger partial charge in [0.2, 0.25) is 0 Å². The minimum absolute atomic E-state index is 0.264. The van der Waals surface area contributed by atoms with Crippen molar-refractivity contribution in [2.24, 2.45) is 0 Å². The normalized spacial score (nSPS) is 11.4. The van der Waals surface area contributed by atoms with E-state index in [-0.39, 0.29) is 5.75 Å². The first-order valence-corrected chi connectivity index (χ1v) is 5.51. The first-order chi connectivity index (χ1) is 8.85. The van der Waals surface area contributed by atoms with Gasteiger partial charge in [0.15, 0.2) is 5.82 Å². The third-order valence-electron chi connectivity index (χ3n) is 2.57. The second kappa shape index (κ2) is 4.87. The van der Waals surface area contributed by atoms with E-state index >= 15 is 0 Å². The number of aryl methyl sites for hydroxylation is 2. The Morgan fingerprint density at radius 3 is 2.21 bits per heavy atom. The standard InChI is InChI=1S/C13H11F3N2O/c1-8-7-17-12(18-9(8)2)10-3-5-11(6-4-10)19-13(14,15)16/h3-7H,1-2H3. The topological polar surface area (TPSA) is 35.0 Å². The molecule has 2 aromatic rings. The van der Waals surface area contributed by atoms with Gasteiger partial charge in [0, 0.05) is 17.5 Å². The number of halogens is 3. The summed E-state index contributed by atoms with van der Waals surface area (Å²) in [4.78, 5) is 8.41. The Morgan fingerprint density at radius 1 is 1.05 bits per heavy atom. The van der Waals surface area contributed by atoms with Crippen LogP contribution >= 0.6 is 0 Å². The second-order valence-electron chi connectivity index (χ2n) is 4.03. The van der Waals surface area contributed by atoms with Gasteiger partial charge in [0.05, 0.1) is 0 Å². The molecule has 0 amide bonds. The first-order valence-electron chi connectivity index (χ1n) is 5.51. The summed E-state index contributed by atoms with van der Waals surface area (Å²) in [5.74, 6) is 0.210. The average molecular weight is 268 g/mol. The second-order valence-corrected chi connectivity index (χ2v) is 4.03. The maximum Gasteiger partial charge on any atom is 0.573 e. The van der Waals surface area contributed by atoms with Gasteiger partial charge in [-0.3, -0.25) is 0 Å². The summed E-state index contributed by atoms with van der Waals surface area (Å²) in [6, 6.07) is 5.46. The fourth-order valence-electron chi connectivity index (χ4n) is 1.47. The molecule has 0 spiro atoms. The Balaban J connectivity index is 2.25. The predicted octanol–water partition coefficient (Wildman–Crippen LogP) is 3.66. The van der Waals surface area contributed by atoms with Crippen molar-refractivity contribution >= 4 is 0 Å². The highest BCUT2D eigenvalue weighted by molar-refractivity contribution is 5.56. The van der Waals surface area contributed by atoms with E-state index in [1.165, 1.54) is 24.3 Å². The van der Waals surface area contributed by atoms with E-state index in [0.717, 1.165) is 11.3 Å². The number of hydrogen-bond acceptors (Lipinski definition) is 3. The molecule has 0 atom stereocenters. The highest BCUT2D eigenvalue weighted by Crippen LogP contribution is 2.25. The van der Waals surface area contributed by atoms with Crippen molar-refractivity contribution in [3.63, 3.8) is 0 Å². The first kappa shape index (κ1) is 13.3. The smallest absolute Gasteiger partial charge is 0.406 e. The van der Waals surface area contributed by atoms with E-state index in [1.54, 1.807) is 6.20 Å². The van der Waals surface area contributed by atoms with Gasteiger partial charge in [-0.25, -0.2) is 9.97 Å². The Labute approximate surface area is 108 Å². The number of hydrogen-bond donors (Lipinski definition) is 0. The molecule has 0 radical (unpaired) electrons. The van der Waals surface area contributed by atoms with Crippen molar-refractivity contribution < 1.29 is 17.9 Å². The molecule has 3 nitrogen and oxygen atoms in total. The molecule has 1 heterocycles. The SMILES string of the molecule is Cc1cnc(-c2ccc(OC(F)(F)F)cc2)nc1C. The molecule has 0 saturated carbocycles. The van der Waals surface area contributed by atoms with Crippen molar-refractivity contribution in [2.75, 3.05) is 0 Å². The zero-order valence-corrected chi connectivity index (χ0v) is 10.3. The molecule has 0 unspecified atom stereocenters. The van der Waals surface area contributed by atoms with E-state index in [0.29, 0.717) is 11.4 Å². The summed E-state index contributed by atoms with van der Waals surface area (Å²) in [7, 11) is 0. The lowest BCUT2D eigenvalue weighted by Crippen LogP contribution is -2.16. The highest BCUT2D eigenvalue weighted by Gasteiger charge is 2.30. The van der Waals surface area contributed by atoms with Crippen LogP contribution in [0.3, 0.4) is 0 Å². The van der Waals surface area contributed by atoms with Crippen LogP contribution in [0.15, 0.2) is 30.5 Å². The summed E-state index contributed by atoms with van der Waals surface area (Å²) >= 11 is 0. The molecular formula is C13H11F3N2O. The van der Waals surface area contributed by atoms with Gasteiger partial charge in [-0.15, -0.1) is 13.2 Å². The van der Waals surface area contributed by atoms with E-state index < -0.39 is 6.36 Å². The minimum atomic E-state index is -4.68. The van der Waals surface area contributed by atoms with Crippen LogP contribution < -0.4 is 4.74 Å². The lowest BCUT2D eigenvalue weighted by Gasteiger charge is -2.09. The molecule has 0 aliphatic carbocycles. The van der Waals surface area contributed by atoms with Crippen LogP contribution in [-0.2, 0) is 0 Å². The van der Waals surface area contributed by atoms with Crippen LogP contribution in [0.1, 0.15) is 11.3 Å². The van der Waals surface area contributed by atoms with Gasteiger partial charge in [0.25, 0.3) is 0 Å². The van der Waals surface area contributed by atoms with Crippen molar-refractivity contribution in [3.05, 3.63) is 41.7 Å². The number of alkyl halides is 3. The largest absolute Gasteiger partial charge is 0.573 e. The minimum Gasteiger partial charge on any atom is -0.406 e. The summed E-state index contributed by atoms with van der Waals surface area (Å²) in [5.41, 5.74) is 2.43. The fraction of sp³-hybridized carbons (Fsp3) is 0.231. The molecule has 2 rings (SSSR count). The monoisotopic (exact) mass is 268 g/mol. The van der Waals surface area contributed by atoms with E-state index in [4.69, 9.17) is 0 Å². The van der Waals surface area contributed by atoms with Crippen molar-refractivity contribution in [2.45, 2.75) is 20.2 Å². The Bertz CT molecular complexity index is 579.